The highest BCUT2D eigenvalue weighted by molar-refractivity contribution is 4.85. The van der Waals surface area contributed by atoms with E-state index >= 15 is 0 Å². The maximum absolute atomic E-state index is 11.4. The third kappa shape index (κ3) is 9.41. The summed E-state index contributed by atoms with van der Waals surface area (Å²) >= 11 is 0. The molecule has 0 saturated carbocycles. The smallest absolute Gasteiger partial charge is 0.0827 e. The maximum Gasteiger partial charge on any atom is 0.0827 e. The van der Waals surface area contributed by atoms with Gasteiger partial charge in [0.25, 0.3) is 0 Å². The van der Waals surface area contributed by atoms with Crippen LogP contribution in [0.2, 0.25) is 0 Å². The Bertz CT molecular complexity index is 95.0. The van der Waals surface area contributed by atoms with Crippen molar-refractivity contribution in [3.8, 4) is 0 Å². The molecule has 0 aromatic rings. The third-order valence-corrected chi connectivity index (χ3v) is 1.39. The van der Waals surface area contributed by atoms with Crippen LogP contribution in [0, 0.1) is 5.92 Å². The summed E-state index contributed by atoms with van der Waals surface area (Å²) in [7, 11) is 0. The molecule has 0 heterocycles. The monoisotopic (exact) mass is 158 g/mol. The molecule has 0 rings (SSSR count). The van der Waals surface area contributed by atoms with Crippen molar-refractivity contribution in [3.63, 3.8) is 0 Å². The van der Waals surface area contributed by atoms with E-state index in [1.54, 1.807) is 0 Å². The highest BCUT2D eigenvalue weighted by atomic mass is 19.1. The number of hydrogen-bond donors (Lipinski definition) is 0. The normalized spacial score (nSPS) is 12.0. The van der Waals surface area contributed by atoms with E-state index in [9.17, 15) is 4.39 Å². The van der Waals surface area contributed by atoms with Crippen molar-refractivity contribution >= 4 is 0 Å². The molecule has 11 heavy (non-hydrogen) atoms. The van der Waals surface area contributed by atoms with Gasteiger partial charge in [-0.2, -0.15) is 0 Å². The van der Waals surface area contributed by atoms with Gasteiger partial charge in [-0.3, -0.25) is 0 Å². The second-order valence-corrected chi connectivity index (χ2v) is 2.00. The Labute approximate surface area is 69.8 Å². The molecular formula is C10H19F. The first-order chi connectivity index (χ1) is 5.35. The maximum atomic E-state index is 11.4. The molecule has 0 N–H and O–H groups in total. The van der Waals surface area contributed by atoms with E-state index < -0.39 is 0 Å². The van der Waals surface area contributed by atoms with Gasteiger partial charge in [-0.05, 0) is 18.8 Å². The molecule has 0 radical (unpaired) electrons. The number of allylic oxidation sites excluding steroid dienone is 2. The molecule has 0 aliphatic rings. The zero-order valence-electron chi connectivity index (χ0n) is 7.81. The second kappa shape index (κ2) is 12.1. The van der Waals surface area contributed by atoms with E-state index in [1.807, 2.05) is 19.9 Å². The minimum atomic E-state index is 0.442. The molecule has 0 aliphatic heterocycles. The average molecular weight is 158 g/mol. The Hall–Kier alpha value is -0.590. The summed E-state index contributed by atoms with van der Waals surface area (Å²) in [6.07, 6.45) is 5.78. The van der Waals surface area contributed by atoms with Crippen molar-refractivity contribution in [3.05, 3.63) is 25.1 Å². The van der Waals surface area contributed by atoms with Gasteiger partial charge in [0.1, 0.15) is 0 Å². The molecule has 1 unspecified atom stereocenters. The fraction of sp³-hybridized carbons (Fsp3) is 0.600. The zero-order valence-corrected chi connectivity index (χ0v) is 7.81. The molecule has 1 atom stereocenters. The van der Waals surface area contributed by atoms with Gasteiger partial charge in [-0.15, -0.1) is 6.58 Å². The van der Waals surface area contributed by atoms with Gasteiger partial charge in [0.15, 0.2) is 0 Å². The lowest BCUT2D eigenvalue weighted by Gasteiger charge is -2.02. The largest absolute Gasteiger partial charge is 0.216 e. The quantitative estimate of drug-likeness (QED) is 0.540. The van der Waals surface area contributed by atoms with Crippen LogP contribution in [0.15, 0.2) is 25.1 Å². The van der Waals surface area contributed by atoms with Crippen LogP contribution in [-0.4, -0.2) is 0 Å². The molecule has 1 heteroatoms. The molecule has 0 spiro atoms. The Balaban J connectivity index is 0. The van der Waals surface area contributed by atoms with Crippen molar-refractivity contribution in [2.45, 2.75) is 33.6 Å². The molecule has 66 valence electrons. The first kappa shape index (κ1) is 13.0. The predicted octanol–water partition coefficient (Wildman–Crippen LogP) is 4.10. The van der Waals surface area contributed by atoms with E-state index in [1.165, 1.54) is 6.08 Å². The molecule has 0 nitrogen and oxygen atoms in total. The van der Waals surface area contributed by atoms with Crippen LogP contribution >= 0.6 is 0 Å². The minimum Gasteiger partial charge on any atom is -0.216 e. The number of hydrogen-bond acceptors (Lipinski definition) is 0. The van der Waals surface area contributed by atoms with Gasteiger partial charge in [-0.25, -0.2) is 4.39 Å². The summed E-state index contributed by atoms with van der Waals surface area (Å²) < 4.78 is 11.4. The first-order valence-electron chi connectivity index (χ1n) is 4.22. The fourth-order valence-corrected chi connectivity index (χ4v) is 0.656. The zero-order chi connectivity index (χ0) is 9.11. The molecular weight excluding hydrogens is 139 g/mol. The van der Waals surface area contributed by atoms with Crippen molar-refractivity contribution in [1.82, 2.24) is 0 Å². The van der Waals surface area contributed by atoms with Gasteiger partial charge in [0.2, 0.25) is 0 Å². The first-order valence-corrected chi connectivity index (χ1v) is 4.22. The summed E-state index contributed by atoms with van der Waals surface area (Å²) in [6.45, 7) is 9.70. The van der Waals surface area contributed by atoms with Crippen LogP contribution in [0.3, 0.4) is 0 Å². The number of rotatable bonds is 4. The van der Waals surface area contributed by atoms with E-state index in [2.05, 4.69) is 13.5 Å². The molecule has 0 aromatic carbocycles. The average Bonchev–Trinajstić information content (AvgIpc) is 2.10. The third-order valence-electron chi connectivity index (χ3n) is 1.39. The lowest BCUT2D eigenvalue weighted by molar-refractivity contribution is 0.626. The van der Waals surface area contributed by atoms with Gasteiger partial charge in [-0.1, -0.05) is 32.9 Å². The Morgan fingerprint density at radius 3 is 2.27 bits per heavy atom. The van der Waals surface area contributed by atoms with Crippen molar-refractivity contribution in [2.75, 3.05) is 0 Å². The summed E-state index contributed by atoms with van der Waals surface area (Å²) in [5.74, 6) is 0.442. The molecule has 0 aliphatic carbocycles. The van der Waals surface area contributed by atoms with E-state index in [0.717, 1.165) is 12.8 Å². The van der Waals surface area contributed by atoms with Crippen molar-refractivity contribution < 1.29 is 4.39 Å². The lowest BCUT2D eigenvalue weighted by Crippen LogP contribution is -1.89. The van der Waals surface area contributed by atoms with Crippen molar-refractivity contribution in [1.29, 1.82) is 0 Å². The van der Waals surface area contributed by atoms with Gasteiger partial charge in [0.05, 0.1) is 6.33 Å². The molecule has 0 saturated heterocycles. The highest BCUT2D eigenvalue weighted by Gasteiger charge is 1.95. The van der Waals surface area contributed by atoms with E-state index in [0.29, 0.717) is 12.2 Å². The van der Waals surface area contributed by atoms with Gasteiger partial charge >= 0.3 is 0 Å². The molecule has 0 amide bonds. The topological polar surface area (TPSA) is 0 Å². The summed E-state index contributed by atoms with van der Waals surface area (Å²) in [6, 6.07) is 0. The number of halogens is 1. The van der Waals surface area contributed by atoms with Crippen LogP contribution in [0.4, 0.5) is 4.39 Å². The predicted molar refractivity (Wildman–Crippen MR) is 50.2 cm³/mol. The van der Waals surface area contributed by atoms with Crippen LogP contribution in [-0.2, 0) is 0 Å². The minimum absolute atomic E-state index is 0.442. The summed E-state index contributed by atoms with van der Waals surface area (Å²) in [4.78, 5) is 0. The van der Waals surface area contributed by atoms with Gasteiger partial charge < -0.3 is 0 Å². The second-order valence-electron chi connectivity index (χ2n) is 2.00. The molecule has 0 fully saturated rings. The Morgan fingerprint density at radius 1 is 1.45 bits per heavy atom. The summed E-state index contributed by atoms with van der Waals surface area (Å²) in [5, 5.41) is 0. The van der Waals surface area contributed by atoms with Crippen LogP contribution in [0.5, 0.6) is 0 Å². The van der Waals surface area contributed by atoms with Crippen LogP contribution in [0.25, 0.3) is 0 Å². The van der Waals surface area contributed by atoms with Gasteiger partial charge in [0, 0.05) is 0 Å². The molecule has 0 aromatic heterocycles. The lowest BCUT2D eigenvalue weighted by atomic mass is 10.0. The fourth-order valence-electron chi connectivity index (χ4n) is 0.656. The molecule has 0 bridgehead atoms. The van der Waals surface area contributed by atoms with Crippen LogP contribution in [0.1, 0.15) is 33.6 Å². The highest BCUT2D eigenvalue weighted by Crippen LogP contribution is 2.08. The summed E-state index contributed by atoms with van der Waals surface area (Å²) in [5.41, 5.74) is 0. The van der Waals surface area contributed by atoms with E-state index in [4.69, 9.17) is 0 Å². The van der Waals surface area contributed by atoms with Crippen molar-refractivity contribution in [2.24, 2.45) is 5.92 Å². The van der Waals surface area contributed by atoms with E-state index in [-0.39, 0.29) is 0 Å². The van der Waals surface area contributed by atoms with Crippen LogP contribution < -0.4 is 0 Å². The standard InChI is InChI=1S/C8H13F.C2H6/c1-3-8(4-2)6-5-7-9;1-2/h3,5,7-8H,1,4,6H2,2H3;1-2H3/b7-5+;. The Kier molecular flexibility index (Phi) is 14.4. The Morgan fingerprint density at radius 2 is 2.00 bits per heavy atom. The SMILES string of the molecule is C=CC(CC)C/C=C/F.CC.